The van der Waals surface area contributed by atoms with E-state index in [1.54, 1.807) is 33.1 Å². The highest BCUT2D eigenvalue weighted by molar-refractivity contribution is 7.99. The van der Waals surface area contributed by atoms with Gasteiger partial charge in [0.1, 0.15) is 5.75 Å². The second kappa shape index (κ2) is 8.39. The lowest BCUT2D eigenvalue weighted by molar-refractivity contribution is 0.0953. The van der Waals surface area contributed by atoms with E-state index in [1.165, 1.54) is 4.90 Å². The highest BCUT2D eigenvalue weighted by Gasteiger charge is 2.09. The predicted octanol–water partition coefficient (Wildman–Crippen LogP) is 2.70. The molecule has 1 aromatic carbocycles. The summed E-state index contributed by atoms with van der Waals surface area (Å²) in [6.07, 6.45) is 0. The summed E-state index contributed by atoms with van der Waals surface area (Å²) in [5.41, 5.74) is 0. The van der Waals surface area contributed by atoms with Gasteiger partial charge in [-0.25, -0.2) is 0 Å². The number of benzene rings is 1. The van der Waals surface area contributed by atoms with Crippen molar-refractivity contribution in [1.29, 1.82) is 0 Å². The fraction of sp³-hybridized carbons (Fsp3) is 0.538. The zero-order chi connectivity index (χ0) is 12.5. The van der Waals surface area contributed by atoms with E-state index >= 15 is 0 Å². The van der Waals surface area contributed by atoms with Crippen LogP contribution in [0.5, 0.6) is 5.75 Å². The molecule has 0 atom stereocenters. The van der Waals surface area contributed by atoms with Crippen LogP contribution < -0.4 is 4.74 Å². The van der Waals surface area contributed by atoms with Gasteiger partial charge in [0.25, 0.3) is 0 Å². The lowest BCUT2D eigenvalue weighted by atomic mass is 10.2. The molecule has 96 valence electrons. The van der Waals surface area contributed by atoms with Crippen LogP contribution in [-0.4, -0.2) is 40.3 Å². The van der Waals surface area contributed by atoms with Gasteiger partial charge >= 0.3 is 0 Å². The quantitative estimate of drug-likeness (QED) is 0.668. The number of hydrogen-bond acceptors (Lipinski definition) is 4. The average molecular weight is 256 g/mol. The molecule has 0 aromatic heterocycles. The molecule has 0 aliphatic heterocycles. The van der Waals surface area contributed by atoms with Crippen LogP contribution in [0.4, 0.5) is 0 Å². The van der Waals surface area contributed by atoms with Crippen molar-refractivity contribution in [2.24, 2.45) is 5.92 Å². The lowest BCUT2D eigenvalue weighted by Crippen LogP contribution is -2.16. The SMILES string of the molecule is COCC(COC)CSc1cccc(OC)c1. The molecular weight excluding hydrogens is 236 g/mol. The van der Waals surface area contributed by atoms with Crippen LogP contribution in [0.25, 0.3) is 0 Å². The van der Waals surface area contributed by atoms with Crippen LogP contribution in [0.3, 0.4) is 0 Å². The van der Waals surface area contributed by atoms with Crippen molar-refractivity contribution in [3.8, 4) is 5.75 Å². The fourth-order valence-electron chi connectivity index (χ4n) is 1.52. The average Bonchev–Trinajstić information content (AvgIpc) is 2.37. The Morgan fingerprint density at radius 1 is 1.12 bits per heavy atom. The minimum absolute atomic E-state index is 0.418. The van der Waals surface area contributed by atoms with E-state index in [1.807, 2.05) is 18.2 Å². The Balaban J connectivity index is 2.46. The minimum atomic E-state index is 0.418. The standard InChI is InChI=1S/C13H20O3S/c1-14-8-11(9-15-2)10-17-13-6-4-5-12(7-13)16-3/h4-7,11H,8-10H2,1-3H3. The molecule has 0 bridgehead atoms. The first kappa shape index (κ1) is 14.4. The van der Waals surface area contributed by atoms with E-state index in [-0.39, 0.29) is 0 Å². The molecule has 1 aromatic rings. The Morgan fingerprint density at radius 3 is 2.41 bits per heavy atom. The van der Waals surface area contributed by atoms with Gasteiger partial charge in [-0.05, 0) is 18.2 Å². The van der Waals surface area contributed by atoms with Crippen molar-refractivity contribution in [2.75, 3.05) is 40.3 Å². The van der Waals surface area contributed by atoms with E-state index < -0.39 is 0 Å². The number of hydrogen-bond donors (Lipinski definition) is 0. The van der Waals surface area contributed by atoms with Gasteiger partial charge in [-0.1, -0.05) is 6.07 Å². The van der Waals surface area contributed by atoms with Crippen molar-refractivity contribution in [3.05, 3.63) is 24.3 Å². The van der Waals surface area contributed by atoms with Gasteiger partial charge in [-0.3, -0.25) is 0 Å². The third-order valence-electron chi connectivity index (χ3n) is 2.33. The lowest BCUT2D eigenvalue weighted by Gasteiger charge is -2.14. The van der Waals surface area contributed by atoms with E-state index in [9.17, 15) is 0 Å². The minimum Gasteiger partial charge on any atom is -0.497 e. The molecule has 0 N–H and O–H groups in total. The molecule has 0 amide bonds. The summed E-state index contributed by atoms with van der Waals surface area (Å²) in [6, 6.07) is 8.08. The summed E-state index contributed by atoms with van der Waals surface area (Å²) in [4.78, 5) is 1.21. The first-order valence-electron chi connectivity index (χ1n) is 5.55. The van der Waals surface area contributed by atoms with E-state index in [4.69, 9.17) is 14.2 Å². The van der Waals surface area contributed by atoms with Crippen LogP contribution in [0.15, 0.2) is 29.2 Å². The highest BCUT2D eigenvalue weighted by atomic mass is 32.2. The number of rotatable bonds is 8. The van der Waals surface area contributed by atoms with Crippen LogP contribution in [0.1, 0.15) is 0 Å². The van der Waals surface area contributed by atoms with Gasteiger partial charge in [-0.15, -0.1) is 11.8 Å². The van der Waals surface area contributed by atoms with Crippen LogP contribution >= 0.6 is 11.8 Å². The van der Waals surface area contributed by atoms with E-state index in [0.717, 1.165) is 24.7 Å². The topological polar surface area (TPSA) is 27.7 Å². The first-order chi connectivity index (χ1) is 8.30. The number of thioether (sulfide) groups is 1. The predicted molar refractivity (Wildman–Crippen MR) is 71.0 cm³/mol. The monoisotopic (exact) mass is 256 g/mol. The van der Waals surface area contributed by atoms with Gasteiger partial charge in [0.15, 0.2) is 0 Å². The summed E-state index contributed by atoms with van der Waals surface area (Å²) < 4.78 is 15.5. The van der Waals surface area contributed by atoms with Gasteiger partial charge in [0.05, 0.1) is 20.3 Å². The molecule has 0 fully saturated rings. The van der Waals surface area contributed by atoms with E-state index in [0.29, 0.717) is 5.92 Å². The summed E-state index contributed by atoms with van der Waals surface area (Å²) >= 11 is 1.80. The van der Waals surface area contributed by atoms with Crippen molar-refractivity contribution in [3.63, 3.8) is 0 Å². The Hall–Kier alpha value is -0.710. The van der Waals surface area contributed by atoms with Crippen LogP contribution in [-0.2, 0) is 9.47 Å². The van der Waals surface area contributed by atoms with Crippen molar-refractivity contribution >= 4 is 11.8 Å². The Morgan fingerprint density at radius 2 is 1.82 bits per heavy atom. The Labute approximate surface area is 107 Å². The molecule has 1 rings (SSSR count). The molecule has 0 aliphatic carbocycles. The maximum atomic E-state index is 5.19. The molecule has 4 heteroatoms. The summed E-state index contributed by atoms with van der Waals surface area (Å²) in [7, 11) is 5.13. The van der Waals surface area contributed by atoms with Gasteiger partial charge in [-0.2, -0.15) is 0 Å². The molecule has 0 heterocycles. The Kier molecular flexibility index (Phi) is 7.08. The maximum absolute atomic E-state index is 5.19. The summed E-state index contributed by atoms with van der Waals surface area (Å²) in [5.74, 6) is 2.29. The molecule has 3 nitrogen and oxygen atoms in total. The number of methoxy groups -OCH3 is 3. The molecule has 0 radical (unpaired) electrons. The normalized spacial score (nSPS) is 10.8. The fourth-order valence-corrected chi connectivity index (χ4v) is 2.52. The summed E-state index contributed by atoms with van der Waals surface area (Å²) in [5, 5.41) is 0. The second-order valence-corrected chi connectivity index (χ2v) is 4.86. The van der Waals surface area contributed by atoms with Crippen molar-refractivity contribution in [2.45, 2.75) is 4.90 Å². The molecule has 0 aliphatic rings. The smallest absolute Gasteiger partial charge is 0.119 e. The Bertz CT molecular complexity index is 311. The third kappa shape index (κ3) is 5.44. The zero-order valence-electron chi connectivity index (χ0n) is 10.6. The van der Waals surface area contributed by atoms with E-state index in [2.05, 4.69) is 6.07 Å². The molecule has 17 heavy (non-hydrogen) atoms. The largest absolute Gasteiger partial charge is 0.497 e. The number of ether oxygens (including phenoxy) is 3. The third-order valence-corrected chi connectivity index (χ3v) is 3.56. The summed E-state index contributed by atoms with van der Waals surface area (Å²) in [6.45, 7) is 1.45. The maximum Gasteiger partial charge on any atom is 0.119 e. The first-order valence-corrected chi connectivity index (χ1v) is 6.53. The molecule has 0 unspecified atom stereocenters. The second-order valence-electron chi connectivity index (χ2n) is 3.77. The van der Waals surface area contributed by atoms with Gasteiger partial charge in [0, 0.05) is 30.8 Å². The van der Waals surface area contributed by atoms with Gasteiger partial charge < -0.3 is 14.2 Å². The molecule has 0 saturated heterocycles. The van der Waals surface area contributed by atoms with Crippen LogP contribution in [0.2, 0.25) is 0 Å². The van der Waals surface area contributed by atoms with Crippen LogP contribution in [0, 0.1) is 5.92 Å². The zero-order valence-corrected chi connectivity index (χ0v) is 11.5. The van der Waals surface area contributed by atoms with Gasteiger partial charge in [0.2, 0.25) is 0 Å². The van der Waals surface area contributed by atoms with Crippen molar-refractivity contribution < 1.29 is 14.2 Å². The van der Waals surface area contributed by atoms with Crippen molar-refractivity contribution in [1.82, 2.24) is 0 Å². The molecule has 0 saturated carbocycles. The highest BCUT2D eigenvalue weighted by Crippen LogP contribution is 2.24. The molecular formula is C13H20O3S. The molecule has 0 spiro atoms.